The molecule has 0 radical (unpaired) electrons. The topological polar surface area (TPSA) is 99.3 Å². The highest BCUT2D eigenvalue weighted by Gasteiger charge is 2.13. The molecule has 1 amide bonds. The Labute approximate surface area is 126 Å². The van der Waals surface area contributed by atoms with Crippen molar-refractivity contribution in [3.63, 3.8) is 0 Å². The quantitative estimate of drug-likeness (QED) is 0.651. The number of hydrogen-bond acceptors (Lipinski definition) is 5. The minimum atomic E-state index is -0.575. The Morgan fingerprint density at radius 2 is 2.23 bits per heavy atom. The number of nitrogens with one attached hydrogen (secondary N) is 1. The fraction of sp³-hybridized carbons (Fsp3) is 0.286. The highest BCUT2D eigenvalue weighted by atomic mass is 16.6. The van der Waals surface area contributed by atoms with Crippen molar-refractivity contribution in [3.8, 4) is 5.75 Å². The molecular formula is C14H16N4O4. The van der Waals surface area contributed by atoms with Crippen molar-refractivity contribution in [2.75, 3.05) is 12.4 Å². The van der Waals surface area contributed by atoms with Gasteiger partial charge in [0, 0.05) is 6.42 Å². The summed E-state index contributed by atoms with van der Waals surface area (Å²) in [7, 11) is 1.53. The Hall–Kier alpha value is -2.90. The lowest BCUT2D eigenvalue weighted by Crippen LogP contribution is -2.15. The first kappa shape index (κ1) is 15.5. The molecule has 2 aromatic rings. The summed E-state index contributed by atoms with van der Waals surface area (Å²) in [6, 6.07) is 6.77. The Morgan fingerprint density at radius 3 is 2.86 bits per heavy atom. The molecule has 1 N–H and O–H groups in total. The van der Waals surface area contributed by atoms with Gasteiger partial charge in [-0.3, -0.25) is 4.79 Å². The maximum atomic E-state index is 12.0. The molecule has 1 aromatic carbocycles. The van der Waals surface area contributed by atoms with Crippen LogP contribution in [-0.2, 0) is 11.3 Å². The van der Waals surface area contributed by atoms with Crippen LogP contribution in [0.3, 0.4) is 0 Å². The van der Waals surface area contributed by atoms with Gasteiger partial charge in [-0.05, 0) is 29.5 Å². The number of carbonyl (C=O) groups excluding carboxylic acids is 1. The number of methoxy groups -OCH3 is 1. The Morgan fingerprint density at radius 1 is 1.45 bits per heavy atom. The predicted molar refractivity (Wildman–Crippen MR) is 79.9 cm³/mol. The molecule has 0 aliphatic rings. The Kier molecular flexibility index (Phi) is 4.72. The zero-order valence-electron chi connectivity index (χ0n) is 12.3. The third-order valence-electron chi connectivity index (χ3n) is 3.01. The second-order valence-corrected chi connectivity index (χ2v) is 4.70. The van der Waals surface area contributed by atoms with Crippen LogP contribution in [0.1, 0.15) is 12.0 Å². The Balaban J connectivity index is 1.95. The number of hydrogen-bond donors (Lipinski definition) is 1. The molecule has 0 fully saturated rings. The first-order valence-corrected chi connectivity index (χ1v) is 6.62. The zero-order chi connectivity index (χ0) is 16.1. The van der Waals surface area contributed by atoms with E-state index in [0.29, 0.717) is 11.4 Å². The van der Waals surface area contributed by atoms with E-state index in [9.17, 15) is 14.9 Å². The van der Waals surface area contributed by atoms with Gasteiger partial charge in [0.1, 0.15) is 5.75 Å². The third kappa shape index (κ3) is 3.81. The van der Waals surface area contributed by atoms with Gasteiger partial charge in [-0.15, -0.1) is 0 Å². The van der Waals surface area contributed by atoms with Crippen molar-refractivity contribution < 1.29 is 14.5 Å². The molecule has 0 aliphatic carbocycles. The number of aryl methyl sites for hydroxylation is 2. The number of aromatic nitrogens is 2. The molecule has 8 heteroatoms. The summed E-state index contributed by atoms with van der Waals surface area (Å²) >= 11 is 0. The summed E-state index contributed by atoms with van der Waals surface area (Å²) in [5.74, 6) is 0.122. The van der Waals surface area contributed by atoms with E-state index >= 15 is 0 Å². The fourth-order valence-electron chi connectivity index (χ4n) is 1.92. The molecule has 0 saturated carbocycles. The molecule has 0 saturated heterocycles. The van der Waals surface area contributed by atoms with Gasteiger partial charge < -0.3 is 20.2 Å². The number of carbonyl (C=O) groups is 1. The Bertz CT molecular complexity index is 696. The molecule has 0 spiro atoms. The zero-order valence-corrected chi connectivity index (χ0v) is 12.3. The van der Waals surface area contributed by atoms with E-state index in [1.165, 1.54) is 24.1 Å². The number of ether oxygens (including phenoxy) is 1. The number of benzene rings is 1. The molecular weight excluding hydrogens is 288 g/mol. The standard InChI is InChI=1S/C14H16N4O4/c1-10-3-4-12(22-2)11(9-10)15-14(19)6-8-17-7-5-13(16-17)18(20)21/h3-5,7,9H,6,8H2,1-2H3,(H,15,19). The van der Waals surface area contributed by atoms with Gasteiger partial charge in [-0.2, -0.15) is 4.68 Å². The summed E-state index contributed by atoms with van der Waals surface area (Å²) in [6.07, 6.45) is 1.62. The van der Waals surface area contributed by atoms with Crippen LogP contribution in [-0.4, -0.2) is 27.7 Å². The first-order valence-electron chi connectivity index (χ1n) is 6.62. The first-order chi connectivity index (χ1) is 10.5. The highest BCUT2D eigenvalue weighted by Crippen LogP contribution is 2.25. The molecule has 8 nitrogen and oxygen atoms in total. The molecule has 0 aliphatic heterocycles. The van der Waals surface area contributed by atoms with E-state index in [0.717, 1.165) is 5.56 Å². The third-order valence-corrected chi connectivity index (χ3v) is 3.01. The minimum Gasteiger partial charge on any atom is -0.495 e. The minimum absolute atomic E-state index is 0.149. The molecule has 116 valence electrons. The van der Waals surface area contributed by atoms with Crippen molar-refractivity contribution >= 4 is 17.4 Å². The smallest absolute Gasteiger partial charge is 0.389 e. The number of rotatable bonds is 6. The van der Waals surface area contributed by atoms with Crippen LogP contribution in [0.2, 0.25) is 0 Å². The molecule has 2 rings (SSSR count). The van der Waals surface area contributed by atoms with E-state index in [-0.39, 0.29) is 24.7 Å². The van der Waals surface area contributed by atoms with Gasteiger partial charge in [0.15, 0.2) is 0 Å². The summed E-state index contributed by atoms with van der Waals surface area (Å²) in [5.41, 5.74) is 1.60. The summed E-state index contributed by atoms with van der Waals surface area (Å²) in [5, 5.41) is 17.0. The molecule has 0 atom stereocenters. The van der Waals surface area contributed by atoms with Gasteiger partial charge in [0.05, 0.1) is 36.7 Å². The SMILES string of the molecule is COc1ccc(C)cc1NC(=O)CCn1ccc([N+](=O)[O-])n1. The fourth-order valence-corrected chi connectivity index (χ4v) is 1.92. The van der Waals surface area contributed by atoms with E-state index in [1.807, 2.05) is 19.1 Å². The average Bonchev–Trinajstić information content (AvgIpc) is 2.94. The molecule has 1 aromatic heterocycles. The summed E-state index contributed by atoms with van der Waals surface area (Å²) in [4.78, 5) is 21.9. The monoisotopic (exact) mass is 304 g/mol. The van der Waals surface area contributed by atoms with E-state index < -0.39 is 4.92 Å². The molecule has 0 unspecified atom stereocenters. The second-order valence-electron chi connectivity index (χ2n) is 4.70. The van der Waals surface area contributed by atoms with Crippen LogP contribution in [0.15, 0.2) is 30.5 Å². The van der Waals surface area contributed by atoms with Crippen LogP contribution in [0.5, 0.6) is 5.75 Å². The van der Waals surface area contributed by atoms with Gasteiger partial charge in [-0.25, -0.2) is 0 Å². The lowest BCUT2D eigenvalue weighted by atomic mass is 10.2. The molecule has 0 bridgehead atoms. The second kappa shape index (κ2) is 6.70. The van der Waals surface area contributed by atoms with Gasteiger partial charge in [0.2, 0.25) is 5.91 Å². The maximum Gasteiger partial charge on any atom is 0.389 e. The summed E-state index contributed by atoms with van der Waals surface area (Å²) in [6.45, 7) is 2.17. The number of nitrogens with zero attached hydrogens (tertiary/aromatic N) is 3. The van der Waals surface area contributed by atoms with Crippen molar-refractivity contribution in [1.82, 2.24) is 9.78 Å². The van der Waals surface area contributed by atoms with Crippen molar-refractivity contribution in [1.29, 1.82) is 0 Å². The van der Waals surface area contributed by atoms with Crippen molar-refractivity contribution in [3.05, 3.63) is 46.1 Å². The van der Waals surface area contributed by atoms with Gasteiger partial charge in [0.25, 0.3) is 0 Å². The van der Waals surface area contributed by atoms with Crippen LogP contribution in [0.4, 0.5) is 11.5 Å². The van der Waals surface area contributed by atoms with E-state index in [2.05, 4.69) is 10.4 Å². The molecule has 1 heterocycles. The van der Waals surface area contributed by atoms with Gasteiger partial charge >= 0.3 is 5.82 Å². The number of nitro groups is 1. The lowest BCUT2D eigenvalue weighted by molar-refractivity contribution is -0.389. The normalized spacial score (nSPS) is 10.3. The van der Waals surface area contributed by atoms with Crippen LogP contribution < -0.4 is 10.1 Å². The van der Waals surface area contributed by atoms with E-state index in [1.54, 1.807) is 6.07 Å². The number of amides is 1. The van der Waals surface area contributed by atoms with Crippen LogP contribution in [0, 0.1) is 17.0 Å². The lowest BCUT2D eigenvalue weighted by Gasteiger charge is -2.10. The van der Waals surface area contributed by atoms with E-state index in [4.69, 9.17) is 4.74 Å². The predicted octanol–water partition coefficient (Wildman–Crippen LogP) is 2.14. The van der Waals surface area contributed by atoms with Crippen LogP contribution >= 0.6 is 0 Å². The number of anilines is 1. The highest BCUT2D eigenvalue weighted by molar-refractivity contribution is 5.92. The largest absolute Gasteiger partial charge is 0.495 e. The maximum absolute atomic E-state index is 12.0. The average molecular weight is 304 g/mol. The van der Waals surface area contributed by atoms with Crippen molar-refractivity contribution in [2.45, 2.75) is 19.9 Å². The van der Waals surface area contributed by atoms with Crippen LogP contribution in [0.25, 0.3) is 0 Å². The van der Waals surface area contributed by atoms with Crippen molar-refractivity contribution in [2.24, 2.45) is 0 Å². The molecule has 22 heavy (non-hydrogen) atoms. The van der Waals surface area contributed by atoms with Gasteiger partial charge in [-0.1, -0.05) is 6.07 Å². The summed E-state index contributed by atoms with van der Waals surface area (Å²) < 4.78 is 6.55.